The van der Waals surface area contributed by atoms with Gasteiger partial charge in [0.2, 0.25) is 0 Å². The molecule has 0 aliphatic heterocycles. The zero-order valence-corrected chi connectivity index (χ0v) is 10.7. The molecule has 0 saturated carbocycles. The summed E-state index contributed by atoms with van der Waals surface area (Å²) >= 11 is 3.22. The highest BCUT2D eigenvalue weighted by Gasteiger charge is 2.19. The molecule has 2 N–H and O–H groups in total. The van der Waals surface area contributed by atoms with Crippen molar-refractivity contribution < 1.29 is 13.5 Å². The van der Waals surface area contributed by atoms with Gasteiger partial charge in [-0.15, -0.1) is 0 Å². The Morgan fingerprint density at radius 2 is 2.12 bits per heavy atom. The lowest BCUT2D eigenvalue weighted by Crippen LogP contribution is -2.13. The van der Waals surface area contributed by atoms with E-state index in [0.717, 1.165) is 0 Å². The summed E-state index contributed by atoms with van der Waals surface area (Å²) in [5, 5.41) is 0. The molecule has 1 atom stereocenters. The predicted octanol–water partition coefficient (Wildman–Crippen LogP) is 3.24. The first-order valence-electron chi connectivity index (χ1n) is 4.96. The molecule has 90 valence electrons. The number of ether oxygens (including phenoxy) is 1. The van der Waals surface area contributed by atoms with E-state index >= 15 is 0 Å². The van der Waals surface area contributed by atoms with E-state index in [4.69, 9.17) is 14.9 Å². The first-order chi connectivity index (χ1) is 8.15. The Labute approximate surface area is 106 Å². The molecule has 2 aromatic rings. The summed E-state index contributed by atoms with van der Waals surface area (Å²) in [6.45, 7) is 0. The third kappa shape index (κ3) is 2.21. The molecule has 3 nitrogen and oxygen atoms in total. The van der Waals surface area contributed by atoms with Crippen molar-refractivity contribution in [1.29, 1.82) is 0 Å². The Morgan fingerprint density at radius 3 is 2.71 bits per heavy atom. The van der Waals surface area contributed by atoms with E-state index in [9.17, 15) is 4.39 Å². The highest BCUT2D eigenvalue weighted by molar-refractivity contribution is 9.10. The van der Waals surface area contributed by atoms with Crippen LogP contribution in [0.2, 0.25) is 0 Å². The van der Waals surface area contributed by atoms with Crippen molar-refractivity contribution in [1.82, 2.24) is 0 Å². The lowest BCUT2D eigenvalue weighted by Gasteiger charge is -2.13. The predicted molar refractivity (Wildman–Crippen MR) is 65.4 cm³/mol. The van der Waals surface area contributed by atoms with Gasteiger partial charge >= 0.3 is 0 Å². The van der Waals surface area contributed by atoms with Crippen molar-refractivity contribution in [3.8, 4) is 5.75 Å². The molecule has 0 fully saturated rings. The lowest BCUT2D eigenvalue weighted by atomic mass is 10.0. The van der Waals surface area contributed by atoms with Crippen LogP contribution < -0.4 is 10.5 Å². The van der Waals surface area contributed by atoms with Gasteiger partial charge < -0.3 is 14.9 Å². The molecule has 1 aromatic heterocycles. The molecule has 1 heterocycles. The van der Waals surface area contributed by atoms with Crippen molar-refractivity contribution in [3.05, 3.63) is 52.1 Å². The fraction of sp³-hybridized carbons (Fsp3) is 0.167. The molecule has 17 heavy (non-hydrogen) atoms. The first-order valence-corrected chi connectivity index (χ1v) is 5.75. The second kappa shape index (κ2) is 4.89. The van der Waals surface area contributed by atoms with Crippen LogP contribution in [0, 0.1) is 5.82 Å². The van der Waals surface area contributed by atoms with Gasteiger partial charge in [0.1, 0.15) is 0 Å². The van der Waals surface area contributed by atoms with Gasteiger partial charge in [-0.1, -0.05) is 12.1 Å². The first kappa shape index (κ1) is 12.1. The molecular formula is C12H11BrFNO2. The van der Waals surface area contributed by atoms with Crippen LogP contribution in [0.3, 0.4) is 0 Å². The maximum atomic E-state index is 14.0. The quantitative estimate of drug-likeness (QED) is 0.946. The molecule has 0 amide bonds. The number of halogens is 2. The van der Waals surface area contributed by atoms with E-state index in [0.29, 0.717) is 15.8 Å². The Kier molecular flexibility index (Phi) is 3.49. The molecule has 5 heteroatoms. The highest BCUT2D eigenvalue weighted by atomic mass is 79.9. The van der Waals surface area contributed by atoms with Crippen LogP contribution in [0.1, 0.15) is 17.2 Å². The SMILES string of the molecule is COc1cccc(C(N)c2ccoc2Br)c1F. The Morgan fingerprint density at radius 1 is 1.35 bits per heavy atom. The number of nitrogens with two attached hydrogens (primary N) is 1. The summed E-state index contributed by atoms with van der Waals surface area (Å²) in [7, 11) is 1.42. The van der Waals surface area contributed by atoms with Crippen LogP contribution in [0.15, 0.2) is 39.6 Å². The lowest BCUT2D eigenvalue weighted by molar-refractivity contribution is 0.383. The molecule has 0 bridgehead atoms. The number of rotatable bonds is 3. The van der Waals surface area contributed by atoms with E-state index in [-0.39, 0.29) is 5.75 Å². The fourth-order valence-electron chi connectivity index (χ4n) is 1.62. The van der Waals surface area contributed by atoms with Gasteiger partial charge in [-0.3, -0.25) is 0 Å². The van der Waals surface area contributed by atoms with Crippen molar-refractivity contribution in [3.63, 3.8) is 0 Å². The molecule has 1 unspecified atom stereocenters. The largest absolute Gasteiger partial charge is 0.494 e. The van der Waals surface area contributed by atoms with Crippen molar-refractivity contribution in [2.45, 2.75) is 6.04 Å². The molecule has 0 radical (unpaired) electrons. The molecule has 1 aromatic carbocycles. The Bertz CT molecular complexity index is 527. The smallest absolute Gasteiger partial charge is 0.174 e. The molecular weight excluding hydrogens is 289 g/mol. The number of methoxy groups -OCH3 is 1. The maximum absolute atomic E-state index is 14.0. The Hall–Kier alpha value is -1.33. The monoisotopic (exact) mass is 299 g/mol. The molecule has 2 rings (SSSR count). The van der Waals surface area contributed by atoms with Crippen LogP contribution in [-0.2, 0) is 0 Å². The maximum Gasteiger partial charge on any atom is 0.174 e. The fourth-order valence-corrected chi connectivity index (χ4v) is 2.11. The van der Waals surface area contributed by atoms with Crippen LogP contribution >= 0.6 is 15.9 Å². The van der Waals surface area contributed by atoms with Gasteiger partial charge in [0.15, 0.2) is 16.2 Å². The van der Waals surface area contributed by atoms with E-state index in [1.807, 2.05) is 0 Å². The summed E-state index contributed by atoms with van der Waals surface area (Å²) in [4.78, 5) is 0. The topological polar surface area (TPSA) is 48.4 Å². The molecule has 0 spiro atoms. The van der Waals surface area contributed by atoms with E-state index in [1.165, 1.54) is 13.4 Å². The van der Waals surface area contributed by atoms with E-state index in [2.05, 4.69) is 15.9 Å². The minimum atomic E-state index is -0.599. The average molecular weight is 300 g/mol. The van der Waals surface area contributed by atoms with Crippen LogP contribution in [-0.4, -0.2) is 7.11 Å². The van der Waals surface area contributed by atoms with Gasteiger partial charge in [0, 0.05) is 11.1 Å². The summed E-state index contributed by atoms with van der Waals surface area (Å²) in [5.41, 5.74) is 7.06. The van der Waals surface area contributed by atoms with Crippen molar-refractivity contribution in [2.75, 3.05) is 7.11 Å². The van der Waals surface area contributed by atoms with Crippen LogP contribution in [0.4, 0.5) is 4.39 Å². The minimum Gasteiger partial charge on any atom is -0.494 e. The van der Waals surface area contributed by atoms with Crippen molar-refractivity contribution >= 4 is 15.9 Å². The summed E-state index contributed by atoms with van der Waals surface area (Å²) in [5.74, 6) is -0.270. The number of benzene rings is 1. The normalized spacial score (nSPS) is 12.5. The zero-order valence-electron chi connectivity index (χ0n) is 9.11. The minimum absolute atomic E-state index is 0.178. The van der Waals surface area contributed by atoms with Gasteiger partial charge in [-0.25, -0.2) is 4.39 Å². The van der Waals surface area contributed by atoms with Crippen LogP contribution in [0.25, 0.3) is 0 Å². The second-order valence-electron chi connectivity index (χ2n) is 3.49. The third-order valence-electron chi connectivity index (χ3n) is 2.53. The highest BCUT2D eigenvalue weighted by Crippen LogP contribution is 2.31. The summed E-state index contributed by atoms with van der Waals surface area (Å²) in [6, 6.07) is 5.98. The second-order valence-corrected chi connectivity index (χ2v) is 4.21. The molecule has 0 aliphatic rings. The Balaban J connectivity index is 2.44. The number of furan rings is 1. The van der Waals surface area contributed by atoms with E-state index in [1.54, 1.807) is 24.3 Å². The van der Waals surface area contributed by atoms with E-state index < -0.39 is 11.9 Å². The number of hydrogen-bond acceptors (Lipinski definition) is 3. The summed E-state index contributed by atoms with van der Waals surface area (Å²) in [6.07, 6.45) is 1.50. The number of hydrogen-bond donors (Lipinski definition) is 1. The van der Waals surface area contributed by atoms with Gasteiger partial charge in [0.05, 0.1) is 19.4 Å². The third-order valence-corrected chi connectivity index (χ3v) is 3.17. The standard InChI is InChI=1S/C12H11BrFNO2/c1-16-9-4-2-3-7(10(9)14)11(15)8-5-6-17-12(8)13/h2-6,11H,15H2,1H3. The average Bonchev–Trinajstić information content (AvgIpc) is 2.75. The molecule has 0 aliphatic carbocycles. The van der Waals surface area contributed by atoms with Gasteiger partial charge in [-0.2, -0.15) is 0 Å². The molecule has 0 saturated heterocycles. The van der Waals surface area contributed by atoms with Crippen molar-refractivity contribution in [2.24, 2.45) is 5.73 Å². The zero-order chi connectivity index (χ0) is 12.4. The van der Waals surface area contributed by atoms with Gasteiger partial charge in [0.25, 0.3) is 0 Å². The van der Waals surface area contributed by atoms with Crippen LogP contribution in [0.5, 0.6) is 5.75 Å². The summed E-state index contributed by atoms with van der Waals surface area (Å²) < 4.78 is 24.5. The van der Waals surface area contributed by atoms with Gasteiger partial charge in [-0.05, 0) is 28.1 Å².